The molecule has 140 valence electrons. The van der Waals surface area contributed by atoms with Gasteiger partial charge in [0.15, 0.2) is 5.69 Å². The molecule has 0 atom stereocenters. The molecule has 1 fully saturated rings. The lowest BCUT2D eigenvalue weighted by Gasteiger charge is -2.23. The molecule has 27 heavy (non-hydrogen) atoms. The number of aryl methyl sites for hydroxylation is 3. The predicted octanol–water partition coefficient (Wildman–Crippen LogP) is 2.09. The highest BCUT2D eigenvalue weighted by atomic mass is 16.2. The number of hydrogen-bond donors (Lipinski definition) is 0. The molecule has 4 rings (SSSR count). The van der Waals surface area contributed by atoms with Crippen molar-refractivity contribution >= 4 is 16.7 Å². The standard InChI is InChI=1S/C20H23N5O2/c1-12-17(13(2)23(3)21-12)11-25(14-9-10-14)20(27)18-15-7-5-6-8-16(15)19(26)24(4)22-18/h5-8,14H,9-11H2,1-4H3. The van der Waals surface area contributed by atoms with Crippen molar-refractivity contribution in [3.8, 4) is 0 Å². The third kappa shape index (κ3) is 2.93. The summed E-state index contributed by atoms with van der Waals surface area (Å²) in [6.45, 7) is 4.50. The van der Waals surface area contributed by atoms with Crippen molar-refractivity contribution in [1.82, 2.24) is 24.5 Å². The second kappa shape index (κ2) is 6.33. The summed E-state index contributed by atoms with van der Waals surface area (Å²) in [6, 6.07) is 7.39. The Morgan fingerprint density at radius 3 is 2.37 bits per heavy atom. The molecule has 7 heteroatoms. The molecule has 2 heterocycles. The number of nitrogens with zero attached hydrogens (tertiary/aromatic N) is 5. The Hall–Kier alpha value is -2.96. The van der Waals surface area contributed by atoms with Gasteiger partial charge in [0.1, 0.15) is 0 Å². The normalized spacial score (nSPS) is 13.9. The zero-order chi connectivity index (χ0) is 19.3. The number of hydrogen-bond acceptors (Lipinski definition) is 4. The summed E-state index contributed by atoms with van der Waals surface area (Å²) in [6.07, 6.45) is 1.99. The SMILES string of the molecule is Cc1nn(C)c(C)c1CN(C(=O)c1nn(C)c(=O)c2ccccc12)C1CC1. The molecular weight excluding hydrogens is 342 g/mol. The number of carbonyl (C=O) groups excluding carboxylic acids is 1. The van der Waals surface area contributed by atoms with Crippen LogP contribution in [0, 0.1) is 13.8 Å². The molecule has 0 unspecified atom stereocenters. The van der Waals surface area contributed by atoms with E-state index in [0.29, 0.717) is 23.0 Å². The van der Waals surface area contributed by atoms with Gasteiger partial charge in [-0.3, -0.25) is 14.3 Å². The topological polar surface area (TPSA) is 73.0 Å². The number of benzene rings is 1. The van der Waals surface area contributed by atoms with E-state index in [1.54, 1.807) is 25.2 Å². The van der Waals surface area contributed by atoms with Crippen LogP contribution in [-0.2, 0) is 20.6 Å². The van der Waals surface area contributed by atoms with Crippen molar-refractivity contribution in [3.63, 3.8) is 0 Å². The molecule has 0 radical (unpaired) electrons. The highest BCUT2D eigenvalue weighted by Gasteiger charge is 2.35. The Morgan fingerprint density at radius 2 is 1.78 bits per heavy atom. The van der Waals surface area contributed by atoms with Gasteiger partial charge in [0.2, 0.25) is 0 Å². The fourth-order valence-corrected chi connectivity index (χ4v) is 3.56. The van der Waals surface area contributed by atoms with Crippen molar-refractivity contribution in [1.29, 1.82) is 0 Å². The quantitative estimate of drug-likeness (QED) is 0.710. The van der Waals surface area contributed by atoms with Gasteiger partial charge in [0.05, 0.1) is 11.1 Å². The fraction of sp³-hybridized carbons (Fsp3) is 0.400. The molecule has 1 aromatic carbocycles. The Morgan fingerprint density at radius 1 is 1.11 bits per heavy atom. The molecule has 0 bridgehead atoms. The van der Waals surface area contributed by atoms with Crippen molar-refractivity contribution < 1.29 is 4.79 Å². The van der Waals surface area contributed by atoms with Gasteiger partial charge >= 0.3 is 0 Å². The van der Waals surface area contributed by atoms with Crippen LogP contribution in [0.1, 0.15) is 40.3 Å². The van der Waals surface area contributed by atoms with Crippen LogP contribution in [0.5, 0.6) is 0 Å². The summed E-state index contributed by atoms with van der Waals surface area (Å²) < 4.78 is 3.10. The molecule has 0 N–H and O–H groups in total. The lowest BCUT2D eigenvalue weighted by molar-refractivity contribution is 0.0723. The van der Waals surface area contributed by atoms with Gasteiger partial charge in [0.25, 0.3) is 11.5 Å². The summed E-state index contributed by atoms with van der Waals surface area (Å²) in [5.74, 6) is -0.132. The minimum Gasteiger partial charge on any atom is -0.330 e. The molecule has 1 aliphatic carbocycles. The number of fused-ring (bicyclic) bond motifs is 1. The average molecular weight is 365 g/mol. The monoisotopic (exact) mass is 365 g/mol. The summed E-state index contributed by atoms with van der Waals surface area (Å²) in [4.78, 5) is 27.7. The Bertz CT molecular complexity index is 1110. The van der Waals surface area contributed by atoms with Crippen LogP contribution in [0.3, 0.4) is 0 Å². The van der Waals surface area contributed by atoms with E-state index in [0.717, 1.165) is 29.8 Å². The van der Waals surface area contributed by atoms with Crippen LogP contribution >= 0.6 is 0 Å². The molecule has 1 saturated carbocycles. The van der Waals surface area contributed by atoms with E-state index in [4.69, 9.17) is 0 Å². The minimum atomic E-state index is -0.195. The first-order chi connectivity index (χ1) is 12.9. The maximum Gasteiger partial charge on any atom is 0.275 e. The van der Waals surface area contributed by atoms with Crippen molar-refractivity contribution in [3.05, 3.63) is 57.3 Å². The van der Waals surface area contributed by atoms with E-state index in [1.165, 1.54) is 4.68 Å². The first kappa shape index (κ1) is 17.5. The van der Waals surface area contributed by atoms with Gasteiger partial charge < -0.3 is 4.90 Å². The molecule has 2 aromatic heterocycles. The van der Waals surface area contributed by atoms with Gasteiger partial charge in [-0.2, -0.15) is 10.2 Å². The van der Waals surface area contributed by atoms with Crippen LogP contribution in [0.15, 0.2) is 29.1 Å². The maximum atomic E-state index is 13.5. The maximum absolute atomic E-state index is 13.5. The first-order valence-corrected chi connectivity index (χ1v) is 9.14. The summed E-state index contributed by atoms with van der Waals surface area (Å²) in [7, 11) is 3.50. The van der Waals surface area contributed by atoms with Gasteiger partial charge in [-0.25, -0.2) is 4.68 Å². The fourth-order valence-electron chi connectivity index (χ4n) is 3.56. The van der Waals surface area contributed by atoms with E-state index >= 15 is 0 Å². The molecule has 7 nitrogen and oxygen atoms in total. The molecule has 3 aromatic rings. The Balaban J connectivity index is 1.79. The average Bonchev–Trinajstić information content (AvgIpc) is 3.45. The molecule has 1 aliphatic rings. The molecule has 0 spiro atoms. The number of rotatable bonds is 4. The summed E-state index contributed by atoms with van der Waals surface area (Å²) in [5.41, 5.74) is 3.21. The number of aromatic nitrogens is 4. The Labute approximate surface area is 157 Å². The van der Waals surface area contributed by atoms with E-state index in [1.807, 2.05) is 36.5 Å². The smallest absolute Gasteiger partial charge is 0.275 e. The van der Waals surface area contributed by atoms with Crippen LogP contribution in [0.25, 0.3) is 10.8 Å². The molecule has 0 aliphatic heterocycles. The van der Waals surface area contributed by atoms with Crippen molar-refractivity contribution in [2.75, 3.05) is 0 Å². The minimum absolute atomic E-state index is 0.132. The van der Waals surface area contributed by atoms with E-state index in [-0.39, 0.29) is 17.5 Å². The van der Waals surface area contributed by atoms with Gasteiger partial charge in [-0.05, 0) is 32.8 Å². The van der Waals surface area contributed by atoms with Crippen LogP contribution in [0.4, 0.5) is 0 Å². The highest BCUT2D eigenvalue weighted by Crippen LogP contribution is 2.31. The molecule has 1 amide bonds. The lowest BCUT2D eigenvalue weighted by atomic mass is 10.1. The summed E-state index contributed by atoms with van der Waals surface area (Å²) >= 11 is 0. The van der Waals surface area contributed by atoms with Gasteiger partial charge in [-0.15, -0.1) is 0 Å². The van der Waals surface area contributed by atoms with Gasteiger partial charge in [0, 0.05) is 43.3 Å². The second-order valence-corrected chi connectivity index (χ2v) is 7.26. The van der Waals surface area contributed by atoms with Crippen molar-refractivity contribution in [2.24, 2.45) is 14.1 Å². The second-order valence-electron chi connectivity index (χ2n) is 7.26. The largest absolute Gasteiger partial charge is 0.330 e. The molecule has 0 saturated heterocycles. The Kier molecular flexibility index (Phi) is 4.09. The highest BCUT2D eigenvalue weighted by molar-refractivity contribution is 6.05. The zero-order valence-electron chi connectivity index (χ0n) is 16.1. The van der Waals surface area contributed by atoms with Crippen LogP contribution in [-0.4, -0.2) is 36.4 Å². The molecular formula is C20H23N5O2. The predicted molar refractivity (Wildman–Crippen MR) is 103 cm³/mol. The third-order valence-electron chi connectivity index (χ3n) is 5.39. The lowest BCUT2D eigenvalue weighted by Crippen LogP contribution is -2.35. The summed E-state index contributed by atoms with van der Waals surface area (Å²) in [5, 5.41) is 9.91. The first-order valence-electron chi connectivity index (χ1n) is 9.14. The van der Waals surface area contributed by atoms with Gasteiger partial charge in [-0.1, -0.05) is 18.2 Å². The van der Waals surface area contributed by atoms with E-state index in [9.17, 15) is 9.59 Å². The van der Waals surface area contributed by atoms with E-state index in [2.05, 4.69) is 10.2 Å². The van der Waals surface area contributed by atoms with Crippen molar-refractivity contribution in [2.45, 2.75) is 39.3 Å². The number of carbonyl (C=O) groups is 1. The van der Waals surface area contributed by atoms with Crippen LogP contribution in [0.2, 0.25) is 0 Å². The third-order valence-corrected chi connectivity index (χ3v) is 5.39. The number of amides is 1. The zero-order valence-corrected chi connectivity index (χ0v) is 16.1. The van der Waals surface area contributed by atoms with E-state index < -0.39 is 0 Å². The van der Waals surface area contributed by atoms with Crippen LogP contribution < -0.4 is 5.56 Å².